The van der Waals surface area contributed by atoms with Crippen molar-refractivity contribution in [2.24, 2.45) is 0 Å². The molecule has 0 aliphatic rings. The van der Waals surface area contributed by atoms with Gasteiger partial charge in [-0.25, -0.2) is 9.78 Å². The molecule has 0 unspecified atom stereocenters. The van der Waals surface area contributed by atoms with E-state index in [0.717, 1.165) is 0 Å². The number of aromatic nitrogens is 1. The van der Waals surface area contributed by atoms with Crippen LogP contribution in [0.1, 0.15) is 16.8 Å². The molecule has 0 radical (unpaired) electrons. The van der Waals surface area contributed by atoms with Gasteiger partial charge in [-0.05, 0) is 6.07 Å². The van der Waals surface area contributed by atoms with E-state index in [9.17, 15) is 4.79 Å². The second-order valence-corrected chi connectivity index (χ2v) is 4.38. The van der Waals surface area contributed by atoms with Crippen LogP contribution in [0.2, 0.25) is 10.2 Å². The first-order valence-corrected chi connectivity index (χ1v) is 6.45. The van der Waals surface area contributed by atoms with Crippen molar-refractivity contribution in [2.75, 3.05) is 33.5 Å². The highest BCUT2D eigenvalue weighted by Crippen LogP contribution is 2.18. The Bertz CT molecular complexity index is 415. The van der Waals surface area contributed by atoms with Crippen LogP contribution in [0.25, 0.3) is 0 Å². The molecule has 0 fully saturated rings. The monoisotopic (exact) mass is 307 g/mol. The molecule has 0 atom stereocenters. The summed E-state index contributed by atoms with van der Waals surface area (Å²) in [5, 5.41) is 0.407. The predicted octanol–water partition coefficient (Wildman–Crippen LogP) is 2.60. The number of carbonyl (C=O) groups excluding carboxylic acids is 1. The lowest BCUT2D eigenvalue weighted by Crippen LogP contribution is -2.10. The zero-order valence-electron chi connectivity index (χ0n) is 10.5. The fourth-order valence-corrected chi connectivity index (χ4v) is 1.56. The van der Waals surface area contributed by atoms with Gasteiger partial charge >= 0.3 is 5.97 Å². The van der Waals surface area contributed by atoms with Gasteiger partial charge < -0.3 is 14.2 Å². The Morgan fingerprint density at radius 1 is 1.26 bits per heavy atom. The van der Waals surface area contributed by atoms with Crippen molar-refractivity contribution in [2.45, 2.75) is 6.42 Å². The summed E-state index contributed by atoms with van der Waals surface area (Å²) in [6.45, 7) is 1.82. The molecule has 0 saturated heterocycles. The Morgan fingerprint density at radius 2 is 2.05 bits per heavy atom. The third-order valence-corrected chi connectivity index (χ3v) is 2.65. The normalized spacial score (nSPS) is 10.5. The quantitative estimate of drug-likeness (QED) is 0.420. The zero-order valence-corrected chi connectivity index (χ0v) is 12.0. The molecule has 5 nitrogen and oxygen atoms in total. The van der Waals surface area contributed by atoms with E-state index in [-0.39, 0.29) is 22.3 Å². The van der Waals surface area contributed by atoms with E-state index in [1.54, 1.807) is 7.11 Å². The molecule has 0 aliphatic heterocycles. The van der Waals surface area contributed by atoms with Crippen LogP contribution in [0.5, 0.6) is 0 Å². The van der Waals surface area contributed by atoms with Gasteiger partial charge in [-0.1, -0.05) is 23.2 Å². The van der Waals surface area contributed by atoms with E-state index in [1.165, 1.54) is 12.3 Å². The van der Waals surface area contributed by atoms with E-state index >= 15 is 0 Å². The summed E-state index contributed by atoms with van der Waals surface area (Å²) < 4.78 is 15.1. The second kappa shape index (κ2) is 9.09. The molecule has 0 spiro atoms. The third kappa shape index (κ3) is 6.20. The van der Waals surface area contributed by atoms with Crippen LogP contribution < -0.4 is 0 Å². The number of hydrogen-bond acceptors (Lipinski definition) is 5. The summed E-state index contributed by atoms with van der Waals surface area (Å²) in [7, 11) is 1.61. The molecule has 1 heterocycles. The Balaban J connectivity index is 2.26. The van der Waals surface area contributed by atoms with Gasteiger partial charge in [0, 0.05) is 26.3 Å². The minimum Gasteiger partial charge on any atom is -0.462 e. The summed E-state index contributed by atoms with van der Waals surface area (Å²) in [5.41, 5.74) is 0.210. The molecule has 19 heavy (non-hydrogen) atoms. The van der Waals surface area contributed by atoms with Crippen LogP contribution in [0.4, 0.5) is 0 Å². The van der Waals surface area contributed by atoms with E-state index < -0.39 is 5.97 Å². The number of rotatable bonds is 8. The van der Waals surface area contributed by atoms with Crippen molar-refractivity contribution in [1.82, 2.24) is 4.98 Å². The van der Waals surface area contributed by atoms with Crippen molar-refractivity contribution >= 4 is 29.2 Å². The molecule has 1 rings (SSSR count). The number of pyridine rings is 1. The van der Waals surface area contributed by atoms with Gasteiger partial charge in [0.2, 0.25) is 0 Å². The van der Waals surface area contributed by atoms with Crippen LogP contribution in [0.15, 0.2) is 12.3 Å². The maximum Gasteiger partial charge on any atom is 0.339 e. The van der Waals surface area contributed by atoms with E-state index in [4.69, 9.17) is 37.4 Å². The van der Waals surface area contributed by atoms with Crippen LogP contribution in [0.3, 0.4) is 0 Å². The Morgan fingerprint density at radius 3 is 2.79 bits per heavy atom. The van der Waals surface area contributed by atoms with Gasteiger partial charge in [0.25, 0.3) is 0 Å². The minimum absolute atomic E-state index is 0.194. The van der Waals surface area contributed by atoms with Crippen molar-refractivity contribution in [3.8, 4) is 0 Å². The topological polar surface area (TPSA) is 57.7 Å². The molecule has 0 saturated carbocycles. The molecule has 7 heteroatoms. The lowest BCUT2D eigenvalue weighted by Gasteiger charge is -2.07. The van der Waals surface area contributed by atoms with Gasteiger partial charge in [-0.3, -0.25) is 0 Å². The van der Waals surface area contributed by atoms with Crippen molar-refractivity contribution < 1.29 is 19.0 Å². The summed E-state index contributed by atoms with van der Waals surface area (Å²) in [6.07, 6.45) is 1.92. The third-order valence-electron chi connectivity index (χ3n) is 2.14. The number of halogens is 2. The first-order valence-electron chi connectivity index (χ1n) is 5.70. The molecule has 1 aromatic heterocycles. The molecule has 106 valence electrons. The zero-order chi connectivity index (χ0) is 14.1. The van der Waals surface area contributed by atoms with Crippen molar-refractivity contribution in [3.63, 3.8) is 0 Å². The van der Waals surface area contributed by atoms with Gasteiger partial charge in [0.15, 0.2) is 0 Å². The van der Waals surface area contributed by atoms with Crippen LogP contribution in [-0.4, -0.2) is 44.5 Å². The molecule has 0 bridgehead atoms. The highest BCUT2D eigenvalue weighted by molar-refractivity contribution is 6.34. The predicted molar refractivity (Wildman–Crippen MR) is 71.9 cm³/mol. The number of methoxy groups -OCH3 is 1. The molecular formula is C12H15Cl2NO4. The van der Waals surface area contributed by atoms with E-state index in [1.807, 2.05) is 0 Å². The molecule has 1 aromatic rings. The average Bonchev–Trinajstić information content (AvgIpc) is 2.40. The standard InChI is InChI=1S/C12H15Cl2NO4/c1-17-5-6-18-3-2-4-19-12(16)9-7-11(14)15-8-10(9)13/h7-8H,2-6H2,1H3. The Kier molecular flexibility index (Phi) is 7.74. The lowest BCUT2D eigenvalue weighted by molar-refractivity contribution is 0.0385. The second-order valence-electron chi connectivity index (χ2n) is 3.58. The maximum atomic E-state index is 11.7. The number of hydrogen-bond donors (Lipinski definition) is 0. The Hall–Kier alpha value is -0.880. The van der Waals surface area contributed by atoms with Crippen LogP contribution >= 0.6 is 23.2 Å². The van der Waals surface area contributed by atoms with Crippen LogP contribution in [0, 0.1) is 0 Å². The fraction of sp³-hybridized carbons (Fsp3) is 0.500. The highest BCUT2D eigenvalue weighted by atomic mass is 35.5. The van der Waals surface area contributed by atoms with Crippen LogP contribution in [-0.2, 0) is 14.2 Å². The van der Waals surface area contributed by atoms with Crippen molar-refractivity contribution in [3.05, 3.63) is 28.0 Å². The molecule has 0 N–H and O–H groups in total. The molecule has 0 aliphatic carbocycles. The van der Waals surface area contributed by atoms with Gasteiger partial charge in [0.05, 0.1) is 30.4 Å². The first-order chi connectivity index (χ1) is 9.15. The van der Waals surface area contributed by atoms with Gasteiger partial charge in [-0.15, -0.1) is 0 Å². The number of esters is 1. The number of carbonyl (C=O) groups is 1. The molecular weight excluding hydrogens is 293 g/mol. The lowest BCUT2D eigenvalue weighted by atomic mass is 10.3. The fourth-order valence-electron chi connectivity index (χ4n) is 1.22. The van der Waals surface area contributed by atoms with Gasteiger partial charge in [0.1, 0.15) is 5.15 Å². The van der Waals surface area contributed by atoms with E-state index in [2.05, 4.69) is 4.98 Å². The summed E-state index contributed by atoms with van der Waals surface area (Å²) in [6, 6.07) is 1.38. The summed E-state index contributed by atoms with van der Waals surface area (Å²) in [4.78, 5) is 15.5. The van der Waals surface area contributed by atoms with Crippen molar-refractivity contribution in [1.29, 1.82) is 0 Å². The smallest absolute Gasteiger partial charge is 0.339 e. The van der Waals surface area contributed by atoms with E-state index in [0.29, 0.717) is 26.2 Å². The number of ether oxygens (including phenoxy) is 3. The van der Waals surface area contributed by atoms with Gasteiger partial charge in [-0.2, -0.15) is 0 Å². The minimum atomic E-state index is -0.522. The molecule has 0 aromatic carbocycles. The SMILES string of the molecule is COCCOCCCOC(=O)c1cc(Cl)ncc1Cl. The maximum absolute atomic E-state index is 11.7. The molecule has 0 amide bonds. The highest BCUT2D eigenvalue weighted by Gasteiger charge is 2.12. The largest absolute Gasteiger partial charge is 0.462 e. The number of nitrogens with zero attached hydrogens (tertiary/aromatic N) is 1. The summed E-state index contributed by atoms with van der Waals surface area (Å²) >= 11 is 11.5. The average molecular weight is 308 g/mol. The Labute approximate surface area is 121 Å². The first kappa shape index (κ1) is 16.2. The summed E-state index contributed by atoms with van der Waals surface area (Å²) in [5.74, 6) is -0.522.